The summed E-state index contributed by atoms with van der Waals surface area (Å²) in [5.41, 5.74) is 0. The van der Waals surface area contributed by atoms with Crippen LogP contribution in [0.3, 0.4) is 0 Å². The van der Waals surface area contributed by atoms with Crippen molar-refractivity contribution in [3.63, 3.8) is 0 Å². The lowest BCUT2D eigenvalue weighted by Gasteiger charge is -2.30. The molecule has 0 aromatic carbocycles. The largest absolute Gasteiger partial charge is 0.356 e. The van der Waals surface area contributed by atoms with Crippen molar-refractivity contribution in [3.05, 3.63) is 0 Å². The summed E-state index contributed by atoms with van der Waals surface area (Å²) in [7, 11) is 4.17. The normalized spacial score (nSPS) is 30.8. The van der Waals surface area contributed by atoms with Gasteiger partial charge in [0.15, 0.2) is 5.96 Å². The van der Waals surface area contributed by atoms with Crippen molar-refractivity contribution in [2.75, 3.05) is 46.8 Å². The second-order valence-electron chi connectivity index (χ2n) is 7.38. The van der Waals surface area contributed by atoms with Gasteiger partial charge >= 0.3 is 0 Å². The molecular formula is C17H33IN4. The van der Waals surface area contributed by atoms with E-state index in [1.165, 1.54) is 64.7 Å². The third-order valence-electron chi connectivity index (χ3n) is 5.87. The highest BCUT2D eigenvalue weighted by Gasteiger charge is 2.35. The highest BCUT2D eigenvalue weighted by Crippen LogP contribution is 2.35. The van der Waals surface area contributed by atoms with E-state index in [0.717, 1.165) is 30.3 Å². The third-order valence-corrected chi connectivity index (χ3v) is 5.87. The van der Waals surface area contributed by atoms with Crippen molar-refractivity contribution in [2.24, 2.45) is 22.7 Å². The molecule has 2 unspecified atom stereocenters. The van der Waals surface area contributed by atoms with Gasteiger partial charge in [-0.25, -0.2) is 0 Å². The molecule has 1 aliphatic carbocycles. The summed E-state index contributed by atoms with van der Waals surface area (Å²) in [5, 5.41) is 3.66. The summed E-state index contributed by atoms with van der Waals surface area (Å²) in [6, 6.07) is 0. The molecule has 2 aliphatic heterocycles. The summed E-state index contributed by atoms with van der Waals surface area (Å²) in [5.74, 6) is 3.84. The fraction of sp³-hybridized carbons (Fsp3) is 0.941. The van der Waals surface area contributed by atoms with Crippen molar-refractivity contribution in [1.82, 2.24) is 15.1 Å². The van der Waals surface area contributed by atoms with Gasteiger partial charge in [0.2, 0.25) is 0 Å². The molecule has 128 valence electrons. The van der Waals surface area contributed by atoms with Gasteiger partial charge in [0.25, 0.3) is 0 Å². The molecule has 22 heavy (non-hydrogen) atoms. The van der Waals surface area contributed by atoms with Crippen molar-refractivity contribution < 1.29 is 0 Å². The van der Waals surface area contributed by atoms with Crippen molar-refractivity contribution >= 4 is 29.9 Å². The van der Waals surface area contributed by atoms with E-state index in [-0.39, 0.29) is 24.0 Å². The highest BCUT2D eigenvalue weighted by molar-refractivity contribution is 14.0. The summed E-state index contributed by atoms with van der Waals surface area (Å²) in [4.78, 5) is 9.51. The zero-order valence-corrected chi connectivity index (χ0v) is 16.6. The molecule has 3 fully saturated rings. The average molecular weight is 420 g/mol. The molecule has 2 saturated heterocycles. The van der Waals surface area contributed by atoms with E-state index in [1.54, 1.807) is 0 Å². The summed E-state index contributed by atoms with van der Waals surface area (Å²) < 4.78 is 0. The standard InChI is InChI=1S/C17H32N4.HI/c1-18-17(19-11-14-7-9-20(2)10-8-14)21-12-15-5-3-4-6-16(15)13-21;/h14-16H,3-13H2,1-2H3,(H,18,19);1H. The number of nitrogens with one attached hydrogen (secondary N) is 1. The third kappa shape index (κ3) is 4.49. The topological polar surface area (TPSA) is 30.9 Å². The van der Waals surface area contributed by atoms with Crippen LogP contribution in [0.25, 0.3) is 0 Å². The molecule has 1 saturated carbocycles. The number of fused-ring (bicyclic) bond motifs is 1. The lowest BCUT2D eigenvalue weighted by atomic mass is 9.82. The molecule has 2 heterocycles. The molecule has 0 amide bonds. The highest BCUT2D eigenvalue weighted by atomic mass is 127. The Morgan fingerprint density at radius 1 is 1.05 bits per heavy atom. The van der Waals surface area contributed by atoms with Crippen LogP contribution in [0.15, 0.2) is 4.99 Å². The molecule has 2 atom stereocenters. The van der Waals surface area contributed by atoms with Crippen LogP contribution in [0.1, 0.15) is 38.5 Å². The van der Waals surface area contributed by atoms with Gasteiger partial charge in [0.05, 0.1) is 0 Å². The van der Waals surface area contributed by atoms with E-state index < -0.39 is 0 Å². The Kier molecular flexibility index (Phi) is 7.25. The second kappa shape index (κ2) is 8.71. The molecule has 0 aromatic heterocycles. The number of piperidine rings is 1. The lowest BCUT2D eigenvalue weighted by Crippen LogP contribution is -2.44. The fourth-order valence-corrected chi connectivity index (χ4v) is 4.41. The molecule has 5 heteroatoms. The minimum Gasteiger partial charge on any atom is -0.356 e. The number of aliphatic imine (C=N–C) groups is 1. The van der Waals surface area contributed by atoms with E-state index in [2.05, 4.69) is 27.2 Å². The Morgan fingerprint density at radius 2 is 1.64 bits per heavy atom. The summed E-state index contributed by atoms with van der Waals surface area (Å²) in [6.07, 6.45) is 8.41. The van der Waals surface area contributed by atoms with Crippen LogP contribution in [0.2, 0.25) is 0 Å². The first kappa shape index (κ1) is 18.3. The molecule has 0 spiro atoms. The number of rotatable bonds is 2. The zero-order valence-electron chi connectivity index (χ0n) is 14.3. The van der Waals surface area contributed by atoms with Crippen LogP contribution in [-0.2, 0) is 0 Å². The lowest BCUT2D eigenvalue weighted by molar-refractivity contribution is 0.219. The van der Waals surface area contributed by atoms with E-state index in [4.69, 9.17) is 0 Å². The van der Waals surface area contributed by atoms with Gasteiger partial charge in [-0.3, -0.25) is 4.99 Å². The van der Waals surface area contributed by atoms with Crippen LogP contribution in [0, 0.1) is 17.8 Å². The first-order valence-electron chi connectivity index (χ1n) is 8.90. The van der Waals surface area contributed by atoms with Crippen LogP contribution in [0.5, 0.6) is 0 Å². The number of hydrogen-bond acceptors (Lipinski definition) is 2. The zero-order chi connectivity index (χ0) is 14.7. The number of hydrogen-bond donors (Lipinski definition) is 1. The fourth-order valence-electron chi connectivity index (χ4n) is 4.41. The maximum Gasteiger partial charge on any atom is 0.193 e. The van der Waals surface area contributed by atoms with Crippen molar-refractivity contribution in [1.29, 1.82) is 0 Å². The molecule has 1 N–H and O–H groups in total. The maximum atomic E-state index is 4.55. The van der Waals surface area contributed by atoms with Crippen LogP contribution in [0.4, 0.5) is 0 Å². The quantitative estimate of drug-likeness (QED) is 0.424. The van der Waals surface area contributed by atoms with E-state index in [0.29, 0.717) is 0 Å². The van der Waals surface area contributed by atoms with Crippen LogP contribution >= 0.6 is 24.0 Å². The molecule has 3 aliphatic rings. The van der Waals surface area contributed by atoms with E-state index >= 15 is 0 Å². The maximum absolute atomic E-state index is 4.55. The predicted octanol–water partition coefficient (Wildman–Crippen LogP) is 2.64. The minimum absolute atomic E-state index is 0. The Bertz CT molecular complexity index is 352. The number of guanidine groups is 1. The van der Waals surface area contributed by atoms with E-state index in [9.17, 15) is 0 Å². The molecule has 0 aromatic rings. The average Bonchev–Trinajstić information content (AvgIpc) is 2.93. The van der Waals surface area contributed by atoms with Gasteiger partial charge in [-0.1, -0.05) is 12.8 Å². The molecular weight excluding hydrogens is 387 g/mol. The first-order chi connectivity index (χ1) is 10.3. The van der Waals surface area contributed by atoms with Gasteiger partial charge in [-0.2, -0.15) is 0 Å². The van der Waals surface area contributed by atoms with Gasteiger partial charge in [-0.05, 0) is 63.6 Å². The molecule has 3 rings (SSSR count). The Hall–Kier alpha value is -0.0400. The smallest absolute Gasteiger partial charge is 0.193 e. The van der Waals surface area contributed by atoms with Crippen LogP contribution in [-0.4, -0.2) is 62.6 Å². The van der Waals surface area contributed by atoms with E-state index in [1.807, 2.05) is 7.05 Å². The summed E-state index contributed by atoms with van der Waals surface area (Å²) in [6.45, 7) is 6.07. The molecule has 0 radical (unpaired) electrons. The number of halogens is 1. The first-order valence-corrected chi connectivity index (χ1v) is 8.90. The Labute approximate surface area is 153 Å². The SMILES string of the molecule is CN=C(NCC1CCN(C)CC1)N1CC2CCCCC2C1.I. The number of likely N-dealkylation sites (tertiary alicyclic amines) is 2. The predicted molar refractivity (Wildman–Crippen MR) is 104 cm³/mol. The van der Waals surface area contributed by atoms with Crippen molar-refractivity contribution in [3.8, 4) is 0 Å². The van der Waals surface area contributed by atoms with Gasteiger partial charge in [0, 0.05) is 26.7 Å². The monoisotopic (exact) mass is 420 g/mol. The number of nitrogens with zero attached hydrogens (tertiary/aromatic N) is 3. The Balaban J connectivity index is 0.00000176. The van der Waals surface area contributed by atoms with Gasteiger partial charge in [-0.15, -0.1) is 24.0 Å². The van der Waals surface area contributed by atoms with Gasteiger partial charge < -0.3 is 15.1 Å². The van der Waals surface area contributed by atoms with Gasteiger partial charge in [0.1, 0.15) is 0 Å². The van der Waals surface area contributed by atoms with Crippen LogP contribution < -0.4 is 5.32 Å². The van der Waals surface area contributed by atoms with Crippen molar-refractivity contribution in [2.45, 2.75) is 38.5 Å². The second-order valence-corrected chi connectivity index (χ2v) is 7.38. The molecule has 4 nitrogen and oxygen atoms in total. The Morgan fingerprint density at radius 3 is 2.18 bits per heavy atom. The summed E-state index contributed by atoms with van der Waals surface area (Å²) >= 11 is 0. The molecule has 0 bridgehead atoms. The minimum atomic E-state index is 0.